The van der Waals surface area contributed by atoms with Crippen molar-refractivity contribution in [1.29, 1.82) is 0 Å². The minimum absolute atomic E-state index is 0.152. The first-order valence-corrected chi connectivity index (χ1v) is 7.87. The second kappa shape index (κ2) is 8.47. The number of carbonyl (C=O) groups is 1. The average molecular weight is 438 g/mol. The first kappa shape index (κ1) is 22.8. The minimum atomic E-state index is -5.89. The SMILES string of the molecule is COc1ccc(C(=O)Nc2ccccc2OC(F)(F)[C@H](F)C(F)(F)F)cc1[N+](=O)[O-]. The average Bonchev–Trinajstić information content (AvgIpc) is 2.67. The molecule has 0 saturated heterocycles. The van der Waals surface area contributed by atoms with E-state index in [0.29, 0.717) is 0 Å². The van der Waals surface area contributed by atoms with Crippen LogP contribution < -0.4 is 14.8 Å². The molecule has 0 aliphatic heterocycles. The van der Waals surface area contributed by atoms with Gasteiger partial charge in [0.2, 0.25) is 0 Å². The second-order valence-electron chi connectivity index (χ2n) is 5.66. The second-order valence-corrected chi connectivity index (χ2v) is 5.66. The summed E-state index contributed by atoms with van der Waals surface area (Å²) < 4.78 is 85.6. The summed E-state index contributed by atoms with van der Waals surface area (Å²) in [5.41, 5.74) is -1.37. The van der Waals surface area contributed by atoms with Crippen molar-refractivity contribution >= 4 is 17.3 Å². The van der Waals surface area contributed by atoms with Crippen molar-refractivity contribution in [2.24, 2.45) is 0 Å². The number of para-hydroxylation sites is 2. The van der Waals surface area contributed by atoms with Gasteiger partial charge in [-0.15, -0.1) is 0 Å². The van der Waals surface area contributed by atoms with Crippen molar-refractivity contribution in [1.82, 2.24) is 0 Å². The van der Waals surface area contributed by atoms with Gasteiger partial charge in [-0.05, 0) is 24.3 Å². The predicted octanol–water partition coefficient (Wildman–Crippen LogP) is 4.73. The molecule has 1 atom stereocenters. The number of rotatable bonds is 7. The van der Waals surface area contributed by atoms with E-state index in [4.69, 9.17) is 4.74 Å². The van der Waals surface area contributed by atoms with Gasteiger partial charge in [0.05, 0.1) is 17.7 Å². The maximum atomic E-state index is 13.5. The summed E-state index contributed by atoms with van der Waals surface area (Å²) in [5, 5.41) is 13.1. The largest absolute Gasteiger partial charge is 0.490 e. The number of nitrogens with zero attached hydrogens (tertiary/aromatic N) is 1. The fraction of sp³-hybridized carbons (Fsp3) is 0.235. The molecule has 1 amide bonds. The predicted molar refractivity (Wildman–Crippen MR) is 90.6 cm³/mol. The molecule has 2 aromatic carbocycles. The molecule has 1 N–H and O–H groups in total. The highest BCUT2D eigenvalue weighted by molar-refractivity contribution is 6.05. The van der Waals surface area contributed by atoms with E-state index < -0.39 is 46.4 Å². The van der Waals surface area contributed by atoms with Crippen molar-refractivity contribution in [3.63, 3.8) is 0 Å². The van der Waals surface area contributed by atoms with Crippen LogP contribution in [-0.4, -0.2) is 36.4 Å². The number of amides is 1. The van der Waals surface area contributed by atoms with Crippen molar-refractivity contribution in [3.8, 4) is 11.5 Å². The Morgan fingerprint density at radius 2 is 1.73 bits per heavy atom. The van der Waals surface area contributed by atoms with E-state index in [-0.39, 0.29) is 11.3 Å². The Morgan fingerprint density at radius 1 is 1.10 bits per heavy atom. The van der Waals surface area contributed by atoms with Gasteiger partial charge in [-0.2, -0.15) is 22.0 Å². The Balaban J connectivity index is 2.30. The monoisotopic (exact) mass is 438 g/mol. The van der Waals surface area contributed by atoms with Gasteiger partial charge in [0, 0.05) is 11.6 Å². The van der Waals surface area contributed by atoms with Gasteiger partial charge in [-0.3, -0.25) is 14.9 Å². The lowest BCUT2D eigenvalue weighted by atomic mass is 10.1. The van der Waals surface area contributed by atoms with Crippen LogP contribution in [0.3, 0.4) is 0 Å². The van der Waals surface area contributed by atoms with Crippen LogP contribution in [-0.2, 0) is 0 Å². The number of nitro benzene ring substituents is 1. The van der Waals surface area contributed by atoms with Crippen LogP contribution in [0.2, 0.25) is 0 Å². The number of carbonyl (C=O) groups excluding carboxylic acids is 1. The van der Waals surface area contributed by atoms with Crippen molar-refractivity contribution < 1.29 is 45.5 Å². The van der Waals surface area contributed by atoms with E-state index >= 15 is 0 Å². The highest BCUT2D eigenvalue weighted by Gasteiger charge is 2.59. The van der Waals surface area contributed by atoms with Crippen LogP contribution in [0.25, 0.3) is 0 Å². The highest BCUT2D eigenvalue weighted by Crippen LogP contribution is 2.38. The number of methoxy groups -OCH3 is 1. The van der Waals surface area contributed by atoms with Gasteiger partial charge in [0.15, 0.2) is 5.75 Å². The Morgan fingerprint density at radius 3 is 2.30 bits per heavy atom. The molecule has 0 radical (unpaired) electrons. The number of hydrogen-bond acceptors (Lipinski definition) is 5. The summed E-state index contributed by atoms with van der Waals surface area (Å²) in [4.78, 5) is 22.5. The smallest absolute Gasteiger partial charge is 0.439 e. The molecule has 0 fully saturated rings. The number of ether oxygens (including phenoxy) is 2. The lowest BCUT2D eigenvalue weighted by Crippen LogP contribution is -2.45. The zero-order valence-corrected chi connectivity index (χ0v) is 14.9. The first-order valence-electron chi connectivity index (χ1n) is 7.87. The van der Waals surface area contributed by atoms with Gasteiger partial charge in [-0.25, -0.2) is 4.39 Å². The zero-order chi connectivity index (χ0) is 22.7. The van der Waals surface area contributed by atoms with Crippen LogP contribution in [0.15, 0.2) is 42.5 Å². The van der Waals surface area contributed by atoms with E-state index in [1.165, 1.54) is 6.07 Å². The molecule has 0 bridgehead atoms. The van der Waals surface area contributed by atoms with Crippen molar-refractivity contribution in [2.45, 2.75) is 18.5 Å². The number of alkyl halides is 6. The fourth-order valence-corrected chi connectivity index (χ4v) is 2.22. The number of benzene rings is 2. The van der Waals surface area contributed by atoms with Crippen molar-refractivity contribution in [3.05, 3.63) is 58.1 Å². The minimum Gasteiger partial charge on any atom is -0.490 e. The highest BCUT2D eigenvalue weighted by atomic mass is 19.4. The van der Waals surface area contributed by atoms with Crippen LogP contribution >= 0.6 is 0 Å². The maximum Gasteiger partial charge on any atom is 0.439 e. The van der Waals surface area contributed by atoms with Gasteiger partial charge >= 0.3 is 18.0 Å². The molecule has 0 unspecified atom stereocenters. The third-order valence-corrected chi connectivity index (χ3v) is 3.60. The van der Waals surface area contributed by atoms with E-state index in [1.54, 1.807) is 0 Å². The Bertz CT molecular complexity index is 950. The third-order valence-electron chi connectivity index (χ3n) is 3.60. The molecule has 0 spiro atoms. The lowest BCUT2D eigenvalue weighted by molar-refractivity contribution is -0.385. The molecule has 7 nitrogen and oxygen atoms in total. The van der Waals surface area contributed by atoms with E-state index in [1.807, 2.05) is 0 Å². The number of hydrogen-bond donors (Lipinski definition) is 1. The van der Waals surface area contributed by atoms with Gasteiger partial charge in [-0.1, -0.05) is 12.1 Å². The van der Waals surface area contributed by atoms with Crippen LogP contribution in [0, 0.1) is 10.1 Å². The normalized spacial score (nSPS) is 12.8. The van der Waals surface area contributed by atoms with Crippen molar-refractivity contribution in [2.75, 3.05) is 12.4 Å². The summed E-state index contributed by atoms with van der Waals surface area (Å²) in [5.74, 6) is -2.14. The number of anilines is 1. The van der Waals surface area contributed by atoms with Crippen LogP contribution in [0.4, 0.5) is 37.7 Å². The van der Waals surface area contributed by atoms with E-state index in [2.05, 4.69) is 10.1 Å². The topological polar surface area (TPSA) is 90.7 Å². The Hall–Kier alpha value is -3.51. The molecule has 162 valence electrons. The lowest BCUT2D eigenvalue weighted by Gasteiger charge is -2.24. The van der Waals surface area contributed by atoms with Crippen LogP contribution in [0.5, 0.6) is 11.5 Å². The Labute approximate surface area is 164 Å². The van der Waals surface area contributed by atoms with E-state index in [9.17, 15) is 41.3 Å². The van der Waals surface area contributed by atoms with Gasteiger partial charge < -0.3 is 14.8 Å². The molecule has 30 heavy (non-hydrogen) atoms. The molecule has 0 aromatic heterocycles. The first-order chi connectivity index (χ1) is 13.9. The number of nitro groups is 1. The summed E-state index contributed by atoms with van der Waals surface area (Å²) >= 11 is 0. The molecule has 2 rings (SSSR count). The summed E-state index contributed by atoms with van der Waals surface area (Å²) in [6.45, 7) is 0. The van der Waals surface area contributed by atoms with Gasteiger partial charge in [0.1, 0.15) is 5.75 Å². The summed E-state index contributed by atoms with van der Waals surface area (Å²) in [6.07, 6.45) is -15.8. The molecule has 2 aromatic rings. The quantitative estimate of drug-likeness (QED) is 0.384. The standard InChI is InChI=1S/C17H12F6N2O5/c1-29-13-7-6-9(8-11(13)25(27)28)14(26)24-10-4-2-3-5-12(10)30-17(22,23)15(18)16(19,20)21/h2-8,15H,1H3,(H,24,26)/t15-/m1/s1. The molecule has 0 aliphatic carbocycles. The Kier molecular flexibility index (Phi) is 6.43. The number of halogens is 6. The third kappa shape index (κ3) is 5.10. The fourth-order valence-electron chi connectivity index (χ4n) is 2.22. The van der Waals surface area contributed by atoms with Gasteiger partial charge in [0.25, 0.3) is 12.1 Å². The molecular weight excluding hydrogens is 426 g/mol. The van der Waals surface area contributed by atoms with E-state index in [0.717, 1.165) is 43.5 Å². The molecular formula is C17H12F6N2O5. The summed E-state index contributed by atoms with van der Waals surface area (Å²) in [6, 6.07) is 7.19. The molecule has 0 aliphatic rings. The molecule has 0 saturated carbocycles. The summed E-state index contributed by atoms with van der Waals surface area (Å²) in [7, 11) is 1.16. The zero-order valence-electron chi connectivity index (χ0n) is 14.9. The molecule has 0 heterocycles. The van der Waals surface area contributed by atoms with Crippen LogP contribution in [0.1, 0.15) is 10.4 Å². The maximum absolute atomic E-state index is 13.5. The number of nitrogens with one attached hydrogen (secondary N) is 1. The molecule has 13 heteroatoms.